The number of ether oxygens (including phenoxy) is 1. The molecule has 4 heteroatoms. The van der Waals surface area contributed by atoms with Gasteiger partial charge in [0.2, 0.25) is 11.5 Å². The van der Waals surface area contributed by atoms with E-state index in [0.29, 0.717) is 0 Å². The molecule has 4 nitrogen and oxygen atoms in total. The highest BCUT2D eigenvalue weighted by Crippen LogP contribution is 2.11. The topological polar surface area (TPSA) is 63.6 Å². The van der Waals surface area contributed by atoms with E-state index < -0.39 is 17.3 Å². The maximum Gasteiger partial charge on any atom is 0.271 e. The maximum absolute atomic E-state index is 10.7. The van der Waals surface area contributed by atoms with Gasteiger partial charge in [-0.1, -0.05) is 0 Å². The van der Waals surface area contributed by atoms with E-state index in [9.17, 15) is 9.59 Å². The maximum atomic E-state index is 10.7. The molecule has 1 aliphatic carbocycles. The summed E-state index contributed by atoms with van der Waals surface area (Å²) >= 11 is 0. The van der Waals surface area contributed by atoms with Gasteiger partial charge in [0.25, 0.3) is 5.78 Å². The summed E-state index contributed by atoms with van der Waals surface area (Å²) in [6.45, 7) is 0. The first-order chi connectivity index (χ1) is 5.16. The number of aliphatic hydroxyl groups excluding tert-OH is 1. The number of carbonyl (C=O) groups excluding carboxylic acids is 2. The Balaban J connectivity index is 3.06. The van der Waals surface area contributed by atoms with Crippen LogP contribution < -0.4 is 0 Å². The predicted octanol–water partition coefficient (Wildman–Crippen LogP) is 0.110. The van der Waals surface area contributed by atoms with E-state index in [2.05, 4.69) is 4.74 Å². The minimum Gasteiger partial charge on any atom is -0.501 e. The van der Waals surface area contributed by atoms with Crippen molar-refractivity contribution >= 4 is 11.6 Å². The molecule has 0 atom stereocenters. The molecule has 0 spiro atoms. The predicted molar refractivity (Wildman–Crippen MR) is 35.8 cm³/mol. The van der Waals surface area contributed by atoms with Crippen molar-refractivity contribution in [3.8, 4) is 0 Å². The molecule has 0 fully saturated rings. The molecule has 0 bridgehead atoms. The fourth-order valence-corrected chi connectivity index (χ4v) is 0.699. The van der Waals surface area contributed by atoms with E-state index in [1.54, 1.807) is 0 Å². The van der Waals surface area contributed by atoms with E-state index in [0.717, 1.165) is 6.08 Å². The van der Waals surface area contributed by atoms with Crippen molar-refractivity contribution in [2.75, 3.05) is 7.11 Å². The smallest absolute Gasteiger partial charge is 0.271 e. The summed E-state index contributed by atoms with van der Waals surface area (Å²) in [4.78, 5) is 21.3. The highest BCUT2D eigenvalue weighted by Gasteiger charge is 2.23. The van der Waals surface area contributed by atoms with Crippen LogP contribution in [0, 0.1) is 0 Å². The Morgan fingerprint density at radius 1 is 1.36 bits per heavy atom. The number of carbonyl (C=O) groups is 2. The number of methoxy groups -OCH3 is 1. The van der Waals surface area contributed by atoms with Crippen LogP contribution in [0.4, 0.5) is 0 Å². The van der Waals surface area contributed by atoms with E-state index in [4.69, 9.17) is 5.11 Å². The van der Waals surface area contributed by atoms with Gasteiger partial charge in [-0.2, -0.15) is 0 Å². The van der Waals surface area contributed by atoms with Gasteiger partial charge >= 0.3 is 0 Å². The summed E-state index contributed by atoms with van der Waals surface area (Å²) in [5.41, 5.74) is 0. The number of hydrogen-bond donors (Lipinski definition) is 1. The Labute approximate surface area is 62.8 Å². The van der Waals surface area contributed by atoms with Gasteiger partial charge in [0, 0.05) is 0 Å². The average Bonchev–Trinajstić information content (AvgIpc) is 2.01. The van der Waals surface area contributed by atoms with E-state index in [-0.39, 0.29) is 5.76 Å². The summed E-state index contributed by atoms with van der Waals surface area (Å²) in [7, 11) is 1.30. The van der Waals surface area contributed by atoms with Crippen LogP contribution in [0.1, 0.15) is 0 Å². The number of aliphatic hydroxyl groups is 1. The van der Waals surface area contributed by atoms with Crippen LogP contribution in [-0.2, 0) is 14.3 Å². The molecule has 11 heavy (non-hydrogen) atoms. The van der Waals surface area contributed by atoms with Gasteiger partial charge in [-0.05, 0) is 12.2 Å². The van der Waals surface area contributed by atoms with Gasteiger partial charge in [-0.25, -0.2) is 0 Å². The zero-order valence-electron chi connectivity index (χ0n) is 5.83. The summed E-state index contributed by atoms with van der Waals surface area (Å²) in [5.74, 6) is -2.26. The molecule has 0 aromatic carbocycles. The Bertz CT molecular complexity index is 272. The van der Waals surface area contributed by atoms with Crippen molar-refractivity contribution in [1.82, 2.24) is 0 Å². The highest BCUT2D eigenvalue weighted by molar-refractivity contribution is 6.47. The quantitative estimate of drug-likeness (QED) is 0.430. The van der Waals surface area contributed by atoms with Gasteiger partial charge in [-0.3, -0.25) is 9.59 Å². The Morgan fingerprint density at radius 3 is 2.55 bits per heavy atom. The molecule has 0 aliphatic heterocycles. The molecule has 0 aromatic rings. The Hall–Kier alpha value is -1.58. The molecule has 0 saturated heterocycles. The first kappa shape index (κ1) is 7.53. The third kappa shape index (κ3) is 1.14. The lowest BCUT2D eigenvalue weighted by Gasteiger charge is -2.06. The molecule has 0 amide bonds. The van der Waals surface area contributed by atoms with Gasteiger partial charge < -0.3 is 9.84 Å². The van der Waals surface area contributed by atoms with Gasteiger partial charge in [0.1, 0.15) is 0 Å². The van der Waals surface area contributed by atoms with Crippen molar-refractivity contribution in [2.45, 2.75) is 0 Å². The molecule has 0 heterocycles. The number of rotatable bonds is 1. The fraction of sp³-hybridized carbons (Fsp3) is 0.143. The largest absolute Gasteiger partial charge is 0.501 e. The number of hydrogen-bond acceptors (Lipinski definition) is 4. The van der Waals surface area contributed by atoms with Crippen molar-refractivity contribution < 1.29 is 19.4 Å². The van der Waals surface area contributed by atoms with Gasteiger partial charge in [0.05, 0.1) is 7.11 Å². The van der Waals surface area contributed by atoms with Crippen LogP contribution in [0.5, 0.6) is 0 Å². The fourth-order valence-electron chi connectivity index (χ4n) is 0.699. The van der Waals surface area contributed by atoms with Crippen LogP contribution >= 0.6 is 0 Å². The summed E-state index contributed by atoms with van der Waals surface area (Å²) in [5, 5.41) is 8.94. The molecule has 0 aromatic heterocycles. The van der Waals surface area contributed by atoms with Crippen LogP contribution in [0.3, 0.4) is 0 Å². The van der Waals surface area contributed by atoms with Crippen LogP contribution in [0.2, 0.25) is 0 Å². The molecule has 0 saturated carbocycles. The second-order valence-corrected chi connectivity index (χ2v) is 1.94. The first-order valence-corrected chi connectivity index (χ1v) is 2.90. The Morgan fingerprint density at radius 2 is 2.00 bits per heavy atom. The number of allylic oxidation sites excluding steroid dienone is 3. The Kier molecular flexibility index (Phi) is 1.76. The number of ketones is 2. The highest BCUT2D eigenvalue weighted by atomic mass is 16.5. The van der Waals surface area contributed by atoms with Crippen molar-refractivity contribution in [3.05, 3.63) is 23.7 Å². The summed E-state index contributed by atoms with van der Waals surface area (Å²) in [6, 6.07) is 0. The molecule has 1 N–H and O–H groups in total. The van der Waals surface area contributed by atoms with Crippen LogP contribution in [0.15, 0.2) is 23.7 Å². The second kappa shape index (κ2) is 2.57. The van der Waals surface area contributed by atoms with Crippen molar-refractivity contribution in [2.24, 2.45) is 0 Å². The summed E-state index contributed by atoms with van der Waals surface area (Å²) < 4.78 is 4.59. The van der Waals surface area contributed by atoms with E-state index in [1.165, 1.54) is 13.2 Å². The molecule has 1 rings (SSSR count). The van der Waals surface area contributed by atoms with Gasteiger partial charge in [-0.15, -0.1) is 0 Å². The normalized spacial score (nSPS) is 17.5. The zero-order valence-corrected chi connectivity index (χ0v) is 5.83. The SMILES string of the molecule is COC1=C(O)C(=O)C(=O)C=C1. The minimum atomic E-state index is -0.927. The lowest BCUT2D eigenvalue weighted by atomic mass is 10.1. The van der Waals surface area contributed by atoms with E-state index >= 15 is 0 Å². The zero-order chi connectivity index (χ0) is 8.43. The monoisotopic (exact) mass is 154 g/mol. The molecule has 0 radical (unpaired) electrons. The molecule has 0 unspecified atom stereocenters. The van der Waals surface area contributed by atoms with Crippen molar-refractivity contribution in [3.63, 3.8) is 0 Å². The third-order valence-electron chi connectivity index (χ3n) is 1.28. The van der Waals surface area contributed by atoms with Crippen LogP contribution in [0.25, 0.3) is 0 Å². The molecule has 1 aliphatic rings. The minimum absolute atomic E-state index is 0.0228. The number of Topliss-reactive ketones (excluding diaryl/α,β-unsaturated/α-hetero) is 1. The lowest BCUT2D eigenvalue weighted by Crippen LogP contribution is -2.18. The van der Waals surface area contributed by atoms with E-state index in [1.807, 2.05) is 0 Å². The van der Waals surface area contributed by atoms with Gasteiger partial charge in [0.15, 0.2) is 5.76 Å². The second-order valence-electron chi connectivity index (χ2n) is 1.94. The van der Waals surface area contributed by atoms with Crippen LogP contribution in [-0.4, -0.2) is 23.8 Å². The van der Waals surface area contributed by atoms with Crippen molar-refractivity contribution in [1.29, 1.82) is 0 Å². The average molecular weight is 154 g/mol. The summed E-state index contributed by atoms with van der Waals surface area (Å²) in [6.07, 6.45) is 2.31. The molecular weight excluding hydrogens is 148 g/mol. The third-order valence-corrected chi connectivity index (χ3v) is 1.28. The molecule has 58 valence electrons. The lowest BCUT2D eigenvalue weighted by molar-refractivity contribution is -0.133. The first-order valence-electron chi connectivity index (χ1n) is 2.90. The molecular formula is C7H6O4. The standard InChI is InChI=1S/C7H6O4/c1-11-5-3-2-4(8)6(9)7(5)10/h2-3,10H,1H3.